The van der Waals surface area contributed by atoms with E-state index in [0.717, 1.165) is 0 Å². The smallest absolute Gasteiger partial charge is 0.291 e. The number of hydrogen-bond acceptors (Lipinski definition) is 6. The Morgan fingerprint density at radius 1 is 1.48 bits per heavy atom. The predicted octanol–water partition coefficient (Wildman–Crippen LogP) is 2.01. The van der Waals surface area contributed by atoms with Crippen LogP contribution in [0.1, 0.15) is 6.92 Å². The topological polar surface area (TPSA) is 92.6 Å². The van der Waals surface area contributed by atoms with Crippen LogP contribution in [0.25, 0.3) is 0 Å². The number of anilines is 1. The maximum absolute atomic E-state index is 12.6. The highest BCUT2D eigenvalue weighted by Crippen LogP contribution is 2.30. The van der Waals surface area contributed by atoms with Gasteiger partial charge in [0.1, 0.15) is 0 Å². The monoisotopic (exact) mass is 333 g/mol. The van der Waals surface area contributed by atoms with Crippen LogP contribution in [-0.2, 0) is 10.0 Å². The zero-order chi connectivity index (χ0) is 16.2. The van der Waals surface area contributed by atoms with Gasteiger partial charge in [0.15, 0.2) is 4.90 Å². The lowest BCUT2D eigenvalue weighted by Crippen LogP contribution is -2.36. The average Bonchev–Trinajstić information content (AvgIpc) is 2.45. The van der Waals surface area contributed by atoms with Crippen LogP contribution in [0.15, 0.2) is 23.1 Å². The Morgan fingerprint density at radius 3 is 2.57 bits per heavy atom. The van der Waals surface area contributed by atoms with Gasteiger partial charge in [0.05, 0.1) is 4.92 Å². The van der Waals surface area contributed by atoms with Crippen molar-refractivity contribution in [3.63, 3.8) is 0 Å². The number of nitro groups is 1. The van der Waals surface area contributed by atoms with Crippen molar-refractivity contribution in [3.8, 4) is 0 Å². The van der Waals surface area contributed by atoms with Crippen LogP contribution in [0.4, 0.5) is 11.4 Å². The van der Waals surface area contributed by atoms with E-state index in [0.29, 0.717) is 11.4 Å². The molecule has 0 fully saturated rings. The minimum absolute atomic E-state index is 0.256. The molecular weight excluding hydrogens is 314 g/mol. The molecule has 0 aliphatic rings. The van der Waals surface area contributed by atoms with Gasteiger partial charge in [-0.2, -0.15) is 16.1 Å². The molecule has 0 aliphatic carbocycles. The third-order valence-corrected chi connectivity index (χ3v) is 5.96. The van der Waals surface area contributed by atoms with E-state index >= 15 is 0 Å². The molecule has 0 spiro atoms. The molecule has 118 valence electrons. The molecule has 0 aromatic heterocycles. The first-order chi connectivity index (χ1) is 9.75. The highest BCUT2D eigenvalue weighted by Gasteiger charge is 2.32. The molecule has 1 aromatic carbocycles. The lowest BCUT2D eigenvalue weighted by molar-refractivity contribution is -0.387. The molecule has 21 heavy (non-hydrogen) atoms. The van der Waals surface area contributed by atoms with Crippen molar-refractivity contribution < 1.29 is 13.3 Å². The molecule has 0 radical (unpaired) electrons. The van der Waals surface area contributed by atoms with Gasteiger partial charge in [-0.15, -0.1) is 0 Å². The van der Waals surface area contributed by atoms with Crippen LogP contribution in [0, 0.1) is 10.1 Å². The number of nitrogens with one attached hydrogen (secondary N) is 1. The number of nitrogens with zero attached hydrogens (tertiary/aromatic N) is 2. The maximum atomic E-state index is 12.6. The number of thioether (sulfide) groups is 1. The maximum Gasteiger partial charge on any atom is 0.291 e. The summed E-state index contributed by atoms with van der Waals surface area (Å²) in [6.45, 7) is 1.77. The van der Waals surface area contributed by atoms with E-state index in [1.54, 1.807) is 14.0 Å². The van der Waals surface area contributed by atoms with Crippen LogP contribution in [0.2, 0.25) is 0 Å². The van der Waals surface area contributed by atoms with Crippen molar-refractivity contribution >= 4 is 33.2 Å². The Morgan fingerprint density at radius 2 is 2.10 bits per heavy atom. The molecule has 1 aromatic rings. The summed E-state index contributed by atoms with van der Waals surface area (Å²) in [5.74, 6) is 0.609. The van der Waals surface area contributed by atoms with E-state index < -0.39 is 20.6 Å². The molecule has 1 rings (SSSR count). The minimum Gasteiger partial charge on any atom is -0.388 e. The Kier molecular flexibility index (Phi) is 5.99. The quantitative estimate of drug-likeness (QED) is 0.606. The van der Waals surface area contributed by atoms with Gasteiger partial charge >= 0.3 is 0 Å². The molecule has 0 aliphatic heterocycles. The minimum atomic E-state index is -3.91. The average molecular weight is 333 g/mol. The Labute approximate surface area is 128 Å². The summed E-state index contributed by atoms with van der Waals surface area (Å²) < 4.78 is 26.3. The highest BCUT2D eigenvalue weighted by atomic mass is 32.2. The highest BCUT2D eigenvalue weighted by molar-refractivity contribution is 7.98. The van der Waals surface area contributed by atoms with Gasteiger partial charge in [0, 0.05) is 37.6 Å². The van der Waals surface area contributed by atoms with Crippen LogP contribution >= 0.6 is 11.8 Å². The van der Waals surface area contributed by atoms with Crippen LogP contribution < -0.4 is 5.32 Å². The lowest BCUT2D eigenvalue weighted by atomic mass is 10.3. The van der Waals surface area contributed by atoms with Gasteiger partial charge in [-0.3, -0.25) is 10.1 Å². The first-order valence-electron chi connectivity index (χ1n) is 6.18. The fourth-order valence-electron chi connectivity index (χ4n) is 1.77. The van der Waals surface area contributed by atoms with E-state index in [1.807, 2.05) is 6.26 Å². The molecule has 1 atom stereocenters. The Balaban J connectivity index is 3.34. The van der Waals surface area contributed by atoms with Crippen molar-refractivity contribution in [1.82, 2.24) is 4.31 Å². The van der Waals surface area contributed by atoms with Crippen molar-refractivity contribution in [2.45, 2.75) is 17.9 Å². The van der Waals surface area contributed by atoms with Gasteiger partial charge < -0.3 is 5.32 Å². The number of rotatable bonds is 7. The number of sulfonamides is 1. The van der Waals surface area contributed by atoms with E-state index in [4.69, 9.17) is 0 Å². The van der Waals surface area contributed by atoms with Crippen LogP contribution in [-0.4, -0.2) is 49.8 Å². The third kappa shape index (κ3) is 3.86. The summed E-state index contributed by atoms with van der Waals surface area (Å²) in [5.41, 5.74) is 0.0607. The third-order valence-electron chi connectivity index (χ3n) is 3.13. The van der Waals surface area contributed by atoms with Gasteiger partial charge in [0.25, 0.3) is 5.69 Å². The Hall–Kier alpha value is -1.32. The zero-order valence-corrected chi connectivity index (χ0v) is 14.0. The standard InChI is InChI=1S/C12H19N3O4S2/c1-9(8-20-4)14(3)21(18,19)12-6-5-10(13-2)7-11(12)15(16)17/h5-7,9,13H,8H2,1-4H3. The summed E-state index contributed by atoms with van der Waals surface area (Å²) in [5, 5.41) is 13.9. The second-order valence-electron chi connectivity index (χ2n) is 4.52. The predicted molar refractivity (Wildman–Crippen MR) is 85.4 cm³/mol. The number of hydrogen-bond donors (Lipinski definition) is 1. The van der Waals surface area contributed by atoms with E-state index in [-0.39, 0.29) is 10.9 Å². The second kappa shape index (κ2) is 7.10. The molecule has 9 heteroatoms. The summed E-state index contributed by atoms with van der Waals surface area (Å²) in [6.07, 6.45) is 1.88. The van der Waals surface area contributed by atoms with Gasteiger partial charge in [0.2, 0.25) is 10.0 Å². The Bertz CT molecular complexity index is 619. The SMILES string of the molecule is CNc1ccc(S(=O)(=O)N(C)C(C)CSC)c([N+](=O)[O-])c1. The van der Waals surface area contributed by atoms with Crippen LogP contribution in [0.5, 0.6) is 0 Å². The van der Waals surface area contributed by atoms with Gasteiger partial charge in [-0.1, -0.05) is 0 Å². The molecule has 0 heterocycles. The molecule has 1 unspecified atom stereocenters. The van der Waals surface area contributed by atoms with Crippen molar-refractivity contribution in [3.05, 3.63) is 28.3 Å². The van der Waals surface area contributed by atoms with E-state index in [9.17, 15) is 18.5 Å². The summed E-state index contributed by atoms with van der Waals surface area (Å²) in [7, 11) is -0.863. The molecule has 1 N–H and O–H groups in total. The van der Waals surface area contributed by atoms with Crippen molar-refractivity contribution in [1.29, 1.82) is 0 Å². The molecule has 0 saturated carbocycles. The molecule has 7 nitrogen and oxygen atoms in total. The largest absolute Gasteiger partial charge is 0.388 e. The number of benzene rings is 1. The molecule has 0 amide bonds. The first-order valence-corrected chi connectivity index (χ1v) is 9.02. The zero-order valence-electron chi connectivity index (χ0n) is 12.4. The van der Waals surface area contributed by atoms with Crippen LogP contribution in [0.3, 0.4) is 0 Å². The fraction of sp³-hybridized carbons (Fsp3) is 0.500. The number of nitro benzene ring substituents is 1. The lowest BCUT2D eigenvalue weighted by Gasteiger charge is -2.23. The van der Waals surface area contributed by atoms with Gasteiger partial charge in [-0.05, 0) is 25.3 Å². The van der Waals surface area contributed by atoms with Crippen molar-refractivity contribution in [2.24, 2.45) is 0 Å². The summed E-state index contributed by atoms with van der Waals surface area (Å²) in [6, 6.07) is 3.74. The molecular formula is C12H19N3O4S2. The van der Waals surface area contributed by atoms with E-state index in [2.05, 4.69) is 5.32 Å². The summed E-state index contributed by atoms with van der Waals surface area (Å²) in [4.78, 5) is 10.2. The van der Waals surface area contributed by atoms with Crippen molar-refractivity contribution in [2.75, 3.05) is 31.4 Å². The summed E-state index contributed by atoms with van der Waals surface area (Å²) >= 11 is 1.52. The molecule has 0 saturated heterocycles. The first kappa shape index (κ1) is 17.7. The molecule has 0 bridgehead atoms. The van der Waals surface area contributed by atoms with Gasteiger partial charge in [-0.25, -0.2) is 8.42 Å². The second-order valence-corrected chi connectivity index (χ2v) is 7.39. The normalized spacial score (nSPS) is 13.2. The fourth-order valence-corrected chi connectivity index (χ4v) is 4.07. The van der Waals surface area contributed by atoms with E-state index in [1.165, 1.54) is 41.3 Å².